The van der Waals surface area contributed by atoms with E-state index in [2.05, 4.69) is 4.98 Å². The maximum Gasteiger partial charge on any atom is 0.357 e. The molecule has 2 rings (SSSR count). The van der Waals surface area contributed by atoms with E-state index in [4.69, 9.17) is 33.7 Å². The van der Waals surface area contributed by atoms with Crippen LogP contribution in [0, 0.1) is 0 Å². The zero-order valence-electron chi connectivity index (χ0n) is 9.77. The lowest BCUT2D eigenvalue weighted by Crippen LogP contribution is -2.08. The van der Waals surface area contributed by atoms with E-state index in [1.807, 2.05) is 0 Å². The summed E-state index contributed by atoms with van der Waals surface area (Å²) in [5.74, 6) is -0.559. The van der Waals surface area contributed by atoms with Gasteiger partial charge in [-0.2, -0.15) is 0 Å². The van der Waals surface area contributed by atoms with E-state index >= 15 is 0 Å². The number of anilines is 1. The Kier molecular flexibility index (Phi) is 4.24. The van der Waals surface area contributed by atoms with Gasteiger partial charge >= 0.3 is 5.97 Å². The molecule has 0 spiro atoms. The quantitative estimate of drug-likeness (QED) is 0.882. The number of nitrogens with zero attached hydrogens (tertiary/aromatic N) is 1. The van der Waals surface area contributed by atoms with Crippen LogP contribution in [0.2, 0.25) is 10.0 Å². The van der Waals surface area contributed by atoms with Crippen molar-refractivity contribution in [1.29, 1.82) is 0 Å². The molecule has 0 saturated heterocycles. The van der Waals surface area contributed by atoms with Crippen LogP contribution in [0.15, 0.2) is 36.5 Å². The molecule has 2 aromatic rings. The van der Waals surface area contributed by atoms with Crippen LogP contribution >= 0.6 is 23.2 Å². The van der Waals surface area contributed by atoms with E-state index in [1.165, 1.54) is 12.3 Å². The van der Waals surface area contributed by atoms with Crippen molar-refractivity contribution in [1.82, 2.24) is 4.98 Å². The van der Waals surface area contributed by atoms with Crippen molar-refractivity contribution in [2.45, 2.75) is 6.61 Å². The third-order valence-corrected chi connectivity index (χ3v) is 3.11. The van der Waals surface area contributed by atoms with Gasteiger partial charge in [0, 0.05) is 15.6 Å². The fourth-order valence-corrected chi connectivity index (χ4v) is 1.91. The largest absolute Gasteiger partial charge is 0.456 e. The number of carbonyl (C=O) groups excluding carboxylic acids is 1. The number of pyridine rings is 1. The van der Waals surface area contributed by atoms with E-state index in [0.717, 1.165) is 0 Å². The molecular formula is C13H10Cl2N2O2. The number of carbonyl (C=O) groups is 1. The number of nitrogen functional groups attached to an aromatic ring is 1. The van der Waals surface area contributed by atoms with Gasteiger partial charge in [-0.05, 0) is 24.3 Å². The lowest BCUT2D eigenvalue weighted by molar-refractivity contribution is 0.0466. The normalized spacial score (nSPS) is 10.2. The Morgan fingerprint density at radius 2 is 1.89 bits per heavy atom. The molecule has 6 heteroatoms. The first-order valence-corrected chi connectivity index (χ1v) is 6.15. The van der Waals surface area contributed by atoms with Crippen molar-refractivity contribution in [3.8, 4) is 0 Å². The molecule has 4 nitrogen and oxygen atoms in total. The Hall–Kier alpha value is -1.78. The van der Waals surface area contributed by atoms with Crippen molar-refractivity contribution < 1.29 is 9.53 Å². The third kappa shape index (κ3) is 3.36. The fourth-order valence-electron chi connectivity index (χ4n) is 1.41. The van der Waals surface area contributed by atoms with Crippen LogP contribution in [0.3, 0.4) is 0 Å². The van der Waals surface area contributed by atoms with Crippen LogP contribution in [-0.2, 0) is 11.3 Å². The van der Waals surface area contributed by atoms with Gasteiger partial charge in [0.25, 0.3) is 0 Å². The second kappa shape index (κ2) is 5.91. The molecule has 0 unspecified atom stereocenters. The summed E-state index contributed by atoms with van der Waals surface area (Å²) in [5, 5.41) is 0.899. The number of aromatic nitrogens is 1. The molecule has 0 radical (unpaired) electrons. The van der Waals surface area contributed by atoms with Crippen LogP contribution in [0.1, 0.15) is 16.1 Å². The number of halogens is 2. The van der Waals surface area contributed by atoms with Gasteiger partial charge in [-0.25, -0.2) is 9.78 Å². The fraction of sp³-hybridized carbons (Fsp3) is 0.0769. The highest BCUT2D eigenvalue weighted by atomic mass is 35.5. The number of hydrogen-bond donors (Lipinski definition) is 1. The van der Waals surface area contributed by atoms with E-state index in [-0.39, 0.29) is 12.3 Å². The number of nitrogens with two attached hydrogens (primary N) is 1. The van der Waals surface area contributed by atoms with Crippen LogP contribution in [-0.4, -0.2) is 11.0 Å². The van der Waals surface area contributed by atoms with E-state index in [0.29, 0.717) is 21.3 Å². The Labute approximate surface area is 120 Å². The van der Waals surface area contributed by atoms with Crippen molar-refractivity contribution in [2.24, 2.45) is 0 Å². The summed E-state index contributed by atoms with van der Waals surface area (Å²) in [6.45, 7) is -0.0105. The molecule has 0 fully saturated rings. The molecule has 0 bridgehead atoms. The van der Waals surface area contributed by atoms with E-state index in [9.17, 15) is 4.79 Å². The SMILES string of the molecule is Nc1ccc(C(=O)OCc2c(Cl)cccc2Cl)nc1. The molecule has 0 amide bonds. The lowest BCUT2D eigenvalue weighted by Gasteiger charge is -2.08. The number of rotatable bonds is 3. The Morgan fingerprint density at radius 1 is 1.21 bits per heavy atom. The number of hydrogen-bond acceptors (Lipinski definition) is 4. The number of esters is 1. The second-order valence-corrected chi connectivity index (χ2v) is 4.57. The summed E-state index contributed by atoms with van der Waals surface area (Å²) in [7, 11) is 0. The van der Waals surface area contributed by atoms with Crippen LogP contribution in [0.4, 0.5) is 5.69 Å². The summed E-state index contributed by atoms with van der Waals surface area (Å²) in [4.78, 5) is 15.6. The minimum absolute atomic E-state index is 0.0105. The van der Waals surface area contributed by atoms with Gasteiger partial charge in [-0.3, -0.25) is 0 Å². The molecular weight excluding hydrogens is 287 g/mol. The maximum atomic E-state index is 11.7. The predicted molar refractivity (Wildman–Crippen MR) is 74.2 cm³/mol. The summed E-state index contributed by atoms with van der Waals surface area (Å²) in [5.41, 5.74) is 6.70. The van der Waals surface area contributed by atoms with Crippen molar-refractivity contribution in [2.75, 3.05) is 5.73 Å². The van der Waals surface area contributed by atoms with E-state index in [1.54, 1.807) is 24.3 Å². The third-order valence-electron chi connectivity index (χ3n) is 2.40. The Balaban J connectivity index is 2.06. The average Bonchev–Trinajstić information content (AvgIpc) is 2.38. The molecule has 0 aliphatic carbocycles. The minimum Gasteiger partial charge on any atom is -0.456 e. The molecule has 98 valence electrons. The molecule has 1 aromatic carbocycles. The van der Waals surface area contributed by atoms with Crippen LogP contribution < -0.4 is 5.73 Å². The van der Waals surface area contributed by atoms with Gasteiger partial charge in [0.05, 0.1) is 11.9 Å². The molecule has 19 heavy (non-hydrogen) atoms. The van der Waals surface area contributed by atoms with Gasteiger partial charge in [0.2, 0.25) is 0 Å². The monoisotopic (exact) mass is 296 g/mol. The van der Waals surface area contributed by atoms with Crippen molar-refractivity contribution in [3.05, 3.63) is 57.8 Å². The highest BCUT2D eigenvalue weighted by molar-refractivity contribution is 6.35. The highest BCUT2D eigenvalue weighted by Gasteiger charge is 2.11. The average molecular weight is 297 g/mol. The summed E-state index contributed by atoms with van der Waals surface area (Å²) < 4.78 is 5.10. The Bertz CT molecular complexity index is 580. The summed E-state index contributed by atoms with van der Waals surface area (Å²) in [6.07, 6.45) is 1.39. The maximum absolute atomic E-state index is 11.7. The van der Waals surface area contributed by atoms with Crippen molar-refractivity contribution in [3.63, 3.8) is 0 Å². The standard InChI is InChI=1S/C13H10Cl2N2O2/c14-10-2-1-3-11(15)9(10)7-19-13(18)12-5-4-8(16)6-17-12/h1-6H,7,16H2. The summed E-state index contributed by atoms with van der Waals surface area (Å²) in [6, 6.07) is 8.14. The van der Waals surface area contributed by atoms with Gasteiger partial charge in [0.1, 0.15) is 12.3 Å². The number of benzene rings is 1. The van der Waals surface area contributed by atoms with Gasteiger partial charge < -0.3 is 10.5 Å². The zero-order valence-corrected chi connectivity index (χ0v) is 11.3. The topological polar surface area (TPSA) is 65.2 Å². The first-order valence-electron chi connectivity index (χ1n) is 5.39. The van der Waals surface area contributed by atoms with E-state index < -0.39 is 5.97 Å². The van der Waals surface area contributed by atoms with Gasteiger partial charge in [-0.15, -0.1) is 0 Å². The molecule has 0 atom stereocenters. The lowest BCUT2D eigenvalue weighted by atomic mass is 10.2. The zero-order chi connectivity index (χ0) is 13.8. The predicted octanol–water partition coefficient (Wildman–Crippen LogP) is 3.33. The second-order valence-electron chi connectivity index (χ2n) is 3.75. The van der Waals surface area contributed by atoms with Gasteiger partial charge in [-0.1, -0.05) is 29.3 Å². The Morgan fingerprint density at radius 3 is 2.47 bits per heavy atom. The first-order chi connectivity index (χ1) is 9.08. The first kappa shape index (κ1) is 13.6. The minimum atomic E-state index is -0.559. The highest BCUT2D eigenvalue weighted by Crippen LogP contribution is 2.25. The van der Waals surface area contributed by atoms with Gasteiger partial charge in [0.15, 0.2) is 0 Å². The molecule has 2 N–H and O–H groups in total. The van der Waals surface area contributed by atoms with Crippen LogP contribution in [0.5, 0.6) is 0 Å². The molecule has 0 saturated carbocycles. The van der Waals surface area contributed by atoms with Crippen LogP contribution in [0.25, 0.3) is 0 Å². The molecule has 1 aromatic heterocycles. The molecule has 0 aliphatic heterocycles. The summed E-state index contributed by atoms with van der Waals surface area (Å²) >= 11 is 11.9. The molecule has 0 aliphatic rings. The molecule has 1 heterocycles. The van der Waals surface area contributed by atoms with Crippen molar-refractivity contribution >= 4 is 34.9 Å². The number of ether oxygens (including phenoxy) is 1. The smallest absolute Gasteiger partial charge is 0.357 e.